The molecule has 1 atom stereocenters. The minimum atomic E-state index is 0.333. The number of hydrogen-bond donors (Lipinski definition) is 1. The molecule has 3 nitrogen and oxygen atoms in total. The average Bonchev–Trinajstić information content (AvgIpc) is 2.81. The summed E-state index contributed by atoms with van der Waals surface area (Å²) in [6.45, 7) is 1.77. The first-order valence-electron chi connectivity index (χ1n) is 5.90. The van der Waals surface area contributed by atoms with Crippen molar-refractivity contribution in [3.63, 3.8) is 0 Å². The third kappa shape index (κ3) is 2.96. The third-order valence-corrected chi connectivity index (χ3v) is 3.30. The minimum absolute atomic E-state index is 0.333. The molecule has 0 aromatic heterocycles. The number of ether oxygens (including phenoxy) is 1. The molecule has 1 aromatic carbocycles. The summed E-state index contributed by atoms with van der Waals surface area (Å²) in [7, 11) is 2.05. The van der Waals surface area contributed by atoms with Crippen LogP contribution in [-0.4, -0.2) is 31.3 Å². The summed E-state index contributed by atoms with van der Waals surface area (Å²) in [6, 6.07) is 7.97. The Kier molecular flexibility index (Phi) is 3.97. The maximum Gasteiger partial charge on any atom is 0.106 e. The van der Waals surface area contributed by atoms with Crippen LogP contribution in [0.3, 0.4) is 0 Å². The van der Waals surface area contributed by atoms with Gasteiger partial charge in [-0.2, -0.15) is 0 Å². The lowest BCUT2D eigenvalue weighted by molar-refractivity contribution is 0.116. The average molecular weight is 250 g/mol. The fraction of sp³-hybridized carbons (Fsp3) is 0.462. The van der Waals surface area contributed by atoms with Gasteiger partial charge in [-0.1, -0.05) is 24.4 Å². The quantitative estimate of drug-likeness (QED) is 0.829. The summed E-state index contributed by atoms with van der Waals surface area (Å²) in [4.78, 5) is 2.62. The van der Waals surface area contributed by atoms with E-state index in [1.54, 1.807) is 0 Å². The Balaban J connectivity index is 2.12. The van der Waals surface area contributed by atoms with Gasteiger partial charge in [0.25, 0.3) is 0 Å². The molecule has 1 heterocycles. The summed E-state index contributed by atoms with van der Waals surface area (Å²) in [6.07, 6.45) is 2.63. The predicted molar refractivity (Wildman–Crippen MR) is 74.6 cm³/mol. The largest absolute Gasteiger partial charge is 0.389 e. The van der Waals surface area contributed by atoms with Gasteiger partial charge in [0.1, 0.15) is 4.99 Å². The van der Waals surface area contributed by atoms with Crippen molar-refractivity contribution in [2.75, 3.05) is 25.1 Å². The molecule has 0 amide bonds. The Hall–Kier alpha value is -1.13. The number of thiocarbonyl (C=S) groups is 1. The first-order valence-corrected chi connectivity index (χ1v) is 6.31. The maximum atomic E-state index is 5.73. The van der Waals surface area contributed by atoms with Crippen LogP contribution >= 0.6 is 12.2 Å². The molecule has 0 radical (unpaired) electrons. The van der Waals surface area contributed by atoms with Gasteiger partial charge >= 0.3 is 0 Å². The van der Waals surface area contributed by atoms with Gasteiger partial charge in [-0.05, 0) is 25.0 Å². The lowest BCUT2D eigenvalue weighted by Gasteiger charge is -2.24. The van der Waals surface area contributed by atoms with Crippen LogP contribution in [0.2, 0.25) is 0 Å². The molecule has 1 aliphatic rings. The summed E-state index contributed by atoms with van der Waals surface area (Å²) < 4.78 is 5.64. The highest BCUT2D eigenvalue weighted by molar-refractivity contribution is 7.80. The molecule has 1 saturated heterocycles. The van der Waals surface area contributed by atoms with Crippen LogP contribution in [0.1, 0.15) is 18.4 Å². The Labute approximate surface area is 108 Å². The van der Waals surface area contributed by atoms with Gasteiger partial charge in [0.15, 0.2) is 0 Å². The highest BCUT2D eigenvalue weighted by Gasteiger charge is 2.18. The number of hydrogen-bond acceptors (Lipinski definition) is 3. The van der Waals surface area contributed by atoms with Crippen LogP contribution in [0.5, 0.6) is 0 Å². The smallest absolute Gasteiger partial charge is 0.106 e. The number of nitrogens with two attached hydrogens (primary N) is 1. The molecule has 1 unspecified atom stereocenters. The van der Waals surface area contributed by atoms with Crippen LogP contribution in [0.4, 0.5) is 5.69 Å². The first-order chi connectivity index (χ1) is 8.18. The van der Waals surface area contributed by atoms with Crippen molar-refractivity contribution in [2.24, 2.45) is 5.73 Å². The van der Waals surface area contributed by atoms with E-state index >= 15 is 0 Å². The van der Waals surface area contributed by atoms with Crippen molar-refractivity contribution in [1.29, 1.82) is 0 Å². The molecular weight excluding hydrogens is 232 g/mol. The number of para-hydroxylation sites is 1. The topological polar surface area (TPSA) is 38.5 Å². The zero-order valence-electron chi connectivity index (χ0n) is 10.1. The lowest BCUT2D eigenvalue weighted by atomic mass is 10.1. The Morgan fingerprint density at radius 1 is 1.53 bits per heavy atom. The lowest BCUT2D eigenvalue weighted by Crippen LogP contribution is -2.30. The fourth-order valence-corrected chi connectivity index (χ4v) is 2.38. The monoisotopic (exact) mass is 250 g/mol. The Morgan fingerprint density at radius 2 is 2.29 bits per heavy atom. The summed E-state index contributed by atoms with van der Waals surface area (Å²) in [5.41, 5.74) is 7.75. The highest BCUT2D eigenvalue weighted by Crippen LogP contribution is 2.21. The van der Waals surface area contributed by atoms with E-state index in [4.69, 9.17) is 22.7 Å². The van der Waals surface area contributed by atoms with Gasteiger partial charge in [-0.3, -0.25) is 0 Å². The van der Waals surface area contributed by atoms with Crippen molar-refractivity contribution in [1.82, 2.24) is 0 Å². The van der Waals surface area contributed by atoms with Crippen molar-refractivity contribution in [3.05, 3.63) is 29.8 Å². The van der Waals surface area contributed by atoms with E-state index in [2.05, 4.69) is 11.9 Å². The minimum Gasteiger partial charge on any atom is -0.389 e. The second kappa shape index (κ2) is 5.47. The van der Waals surface area contributed by atoms with Crippen LogP contribution in [0.25, 0.3) is 0 Å². The van der Waals surface area contributed by atoms with Gasteiger partial charge in [0, 0.05) is 31.5 Å². The van der Waals surface area contributed by atoms with Crippen molar-refractivity contribution >= 4 is 22.9 Å². The van der Waals surface area contributed by atoms with Crippen molar-refractivity contribution in [2.45, 2.75) is 18.9 Å². The van der Waals surface area contributed by atoms with Gasteiger partial charge < -0.3 is 15.4 Å². The van der Waals surface area contributed by atoms with E-state index in [0.29, 0.717) is 11.1 Å². The van der Waals surface area contributed by atoms with Crippen LogP contribution in [0, 0.1) is 0 Å². The van der Waals surface area contributed by atoms with Crippen molar-refractivity contribution in [3.8, 4) is 0 Å². The number of benzene rings is 1. The molecular formula is C13H18N2OS. The van der Waals surface area contributed by atoms with Crippen molar-refractivity contribution < 1.29 is 4.74 Å². The van der Waals surface area contributed by atoms with E-state index in [1.807, 2.05) is 24.3 Å². The predicted octanol–water partition coefficient (Wildman–Crippen LogP) is 1.94. The van der Waals surface area contributed by atoms with E-state index in [1.165, 1.54) is 0 Å². The van der Waals surface area contributed by atoms with Crippen LogP contribution in [-0.2, 0) is 4.74 Å². The highest BCUT2D eigenvalue weighted by atomic mass is 32.1. The maximum absolute atomic E-state index is 5.73. The van der Waals surface area contributed by atoms with E-state index in [-0.39, 0.29) is 0 Å². The molecule has 2 rings (SSSR count). The molecule has 4 heteroatoms. The van der Waals surface area contributed by atoms with Crippen LogP contribution < -0.4 is 10.6 Å². The normalized spacial score (nSPS) is 19.2. The van der Waals surface area contributed by atoms with E-state index in [9.17, 15) is 0 Å². The molecule has 1 aromatic rings. The molecule has 1 aliphatic heterocycles. The molecule has 1 fully saturated rings. The van der Waals surface area contributed by atoms with E-state index < -0.39 is 0 Å². The molecule has 17 heavy (non-hydrogen) atoms. The summed E-state index contributed by atoms with van der Waals surface area (Å²) >= 11 is 5.07. The molecule has 0 aliphatic carbocycles. The molecule has 0 saturated carbocycles. The zero-order valence-corrected chi connectivity index (χ0v) is 10.9. The first kappa shape index (κ1) is 12.3. The number of nitrogens with zero attached hydrogens (tertiary/aromatic N) is 1. The molecule has 0 spiro atoms. The number of rotatable bonds is 4. The number of likely N-dealkylation sites (N-methyl/N-ethyl adjacent to an activating group) is 1. The van der Waals surface area contributed by atoms with Gasteiger partial charge in [-0.25, -0.2) is 0 Å². The number of anilines is 1. The van der Waals surface area contributed by atoms with Crippen LogP contribution in [0.15, 0.2) is 24.3 Å². The SMILES string of the molecule is CN(CC1CCCO1)c1ccccc1C(N)=S. The third-order valence-electron chi connectivity index (χ3n) is 3.08. The standard InChI is InChI=1S/C13H18N2OS/c1-15(9-10-5-4-8-16-10)12-7-3-2-6-11(12)13(14)17/h2-3,6-7,10H,4-5,8-9H2,1H3,(H2,14,17). The Morgan fingerprint density at radius 3 is 2.94 bits per heavy atom. The summed E-state index contributed by atoms with van der Waals surface area (Å²) in [5.74, 6) is 0. The van der Waals surface area contributed by atoms with E-state index in [0.717, 1.165) is 37.2 Å². The Bertz CT molecular complexity index is 402. The second-order valence-electron chi connectivity index (χ2n) is 4.40. The van der Waals surface area contributed by atoms with Gasteiger partial charge in [0.2, 0.25) is 0 Å². The zero-order chi connectivity index (χ0) is 12.3. The van der Waals surface area contributed by atoms with Gasteiger partial charge in [-0.15, -0.1) is 0 Å². The molecule has 92 valence electrons. The molecule has 2 N–H and O–H groups in total. The second-order valence-corrected chi connectivity index (χ2v) is 4.84. The molecule has 0 bridgehead atoms. The fourth-order valence-electron chi connectivity index (χ4n) is 2.21. The van der Waals surface area contributed by atoms with Gasteiger partial charge in [0.05, 0.1) is 6.10 Å². The summed E-state index contributed by atoms with van der Waals surface area (Å²) in [5, 5.41) is 0.